The number of esters is 1. The van der Waals surface area contributed by atoms with E-state index < -0.39 is 46.9 Å². The van der Waals surface area contributed by atoms with Crippen molar-refractivity contribution in [3.63, 3.8) is 0 Å². The minimum absolute atomic E-state index is 0.0907. The Morgan fingerprint density at radius 2 is 1.02 bits per heavy atom. The highest BCUT2D eigenvalue weighted by molar-refractivity contribution is 5.83. The summed E-state index contributed by atoms with van der Waals surface area (Å²) in [6, 6.07) is 60.8. The summed E-state index contributed by atoms with van der Waals surface area (Å²) in [6.07, 6.45) is -0.538. The fourth-order valence-electron chi connectivity index (χ4n) is 8.14. The highest BCUT2D eigenvalue weighted by Gasteiger charge is 2.50. The van der Waals surface area contributed by atoms with E-state index in [0.717, 1.165) is 33.4 Å². The van der Waals surface area contributed by atoms with Gasteiger partial charge >= 0.3 is 11.7 Å². The van der Waals surface area contributed by atoms with E-state index in [1.165, 1.54) is 22.9 Å². The lowest BCUT2D eigenvalue weighted by atomic mass is 9.79. The third-order valence-corrected chi connectivity index (χ3v) is 10.8. The van der Waals surface area contributed by atoms with Crippen molar-refractivity contribution in [3.8, 4) is 0 Å². The van der Waals surface area contributed by atoms with Crippen LogP contribution in [0.25, 0.3) is 0 Å². The minimum atomic E-state index is -1.29. The van der Waals surface area contributed by atoms with Crippen LogP contribution in [0.5, 0.6) is 0 Å². The summed E-state index contributed by atoms with van der Waals surface area (Å²) in [4.78, 5) is 42.0. The number of ether oxygens (including phenoxy) is 4. The second-order valence-electron chi connectivity index (χ2n) is 14.3. The van der Waals surface area contributed by atoms with E-state index in [2.05, 4.69) is 4.98 Å². The predicted molar refractivity (Wildman–Crippen MR) is 229 cm³/mol. The molecule has 1 saturated heterocycles. The number of aromatic nitrogens is 2. The molecule has 0 bridgehead atoms. The minimum Gasteiger partial charge on any atom is -0.463 e. The summed E-state index contributed by atoms with van der Waals surface area (Å²) in [7, 11) is 0. The van der Waals surface area contributed by atoms with Crippen molar-refractivity contribution in [2.75, 3.05) is 13.2 Å². The molecular formula is C51H44N2O7. The lowest BCUT2D eigenvalue weighted by Gasteiger charge is -2.40. The Bertz CT molecular complexity index is 2440. The standard InChI is InChI=1S/C51H44N2O7/c1-2-57-46(55)35-43-47(60-51(40-27-15-6-16-28-40,41-29-17-7-18-30-41)42-31-19-8-20-32-42)44(59-48(43)53-34-33-45(54)52-49(53)56)36-58-50(37-21-9-3-10-22-37,38-23-11-4-12-24-38)39-25-13-5-14-26-39/h3-35,44,47-48H,2,36H2,1H3,(H,52,54,56)/b43-35-/t44-,47+,48-/m1/s1. The largest absolute Gasteiger partial charge is 0.463 e. The van der Waals surface area contributed by atoms with Crippen molar-refractivity contribution >= 4 is 5.97 Å². The summed E-state index contributed by atoms with van der Waals surface area (Å²) in [5.41, 5.74) is 1.63. The highest BCUT2D eigenvalue weighted by Crippen LogP contribution is 2.48. The maximum Gasteiger partial charge on any atom is 0.330 e. The molecule has 9 nitrogen and oxygen atoms in total. The fourth-order valence-corrected chi connectivity index (χ4v) is 8.14. The molecule has 300 valence electrons. The van der Waals surface area contributed by atoms with Gasteiger partial charge in [0.05, 0.1) is 13.2 Å². The average Bonchev–Trinajstić information content (AvgIpc) is 3.62. The van der Waals surface area contributed by atoms with Gasteiger partial charge in [-0.3, -0.25) is 14.3 Å². The second-order valence-corrected chi connectivity index (χ2v) is 14.3. The predicted octanol–water partition coefficient (Wildman–Crippen LogP) is 8.31. The normalized spacial score (nSPS) is 17.4. The number of nitrogens with one attached hydrogen (secondary N) is 1. The second kappa shape index (κ2) is 17.9. The van der Waals surface area contributed by atoms with Crippen LogP contribution in [0.15, 0.2) is 215 Å². The number of benzene rings is 6. The maximum atomic E-state index is 13.6. The number of nitrogens with zero attached hydrogens (tertiary/aromatic N) is 1. The molecular weight excluding hydrogens is 753 g/mol. The molecule has 1 fully saturated rings. The zero-order valence-corrected chi connectivity index (χ0v) is 33.0. The summed E-state index contributed by atoms with van der Waals surface area (Å²) >= 11 is 0. The molecule has 2 heterocycles. The first-order valence-electron chi connectivity index (χ1n) is 19.9. The van der Waals surface area contributed by atoms with Crippen molar-refractivity contribution < 1.29 is 23.7 Å². The summed E-state index contributed by atoms with van der Waals surface area (Å²) < 4.78 is 28.7. The Balaban J connectivity index is 1.36. The maximum absolute atomic E-state index is 13.6. The van der Waals surface area contributed by atoms with Gasteiger partial charge in [-0.05, 0) is 40.3 Å². The Morgan fingerprint density at radius 3 is 1.40 bits per heavy atom. The van der Waals surface area contributed by atoms with Gasteiger partial charge < -0.3 is 18.9 Å². The number of H-pyrrole nitrogens is 1. The number of aromatic amines is 1. The first-order chi connectivity index (χ1) is 29.4. The number of hydrogen-bond donors (Lipinski definition) is 1. The van der Waals surface area contributed by atoms with Crippen LogP contribution in [0.3, 0.4) is 0 Å². The molecule has 0 radical (unpaired) electrons. The van der Waals surface area contributed by atoms with E-state index >= 15 is 0 Å². The lowest BCUT2D eigenvalue weighted by Crippen LogP contribution is -2.43. The molecule has 1 aliphatic heterocycles. The zero-order valence-electron chi connectivity index (χ0n) is 33.0. The Hall–Kier alpha value is -6.91. The first kappa shape index (κ1) is 39.9. The first-order valence-corrected chi connectivity index (χ1v) is 19.9. The van der Waals surface area contributed by atoms with Crippen LogP contribution < -0.4 is 11.2 Å². The van der Waals surface area contributed by atoms with E-state index in [9.17, 15) is 14.4 Å². The Labute approximate surface area is 348 Å². The van der Waals surface area contributed by atoms with Crippen LogP contribution >= 0.6 is 0 Å². The molecule has 8 rings (SSSR count). The molecule has 3 atom stereocenters. The van der Waals surface area contributed by atoms with Gasteiger partial charge in [-0.2, -0.15) is 0 Å². The Morgan fingerprint density at radius 1 is 0.617 bits per heavy atom. The van der Waals surface area contributed by atoms with E-state index in [1.54, 1.807) is 6.92 Å². The van der Waals surface area contributed by atoms with Gasteiger partial charge in [-0.15, -0.1) is 0 Å². The molecule has 9 heteroatoms. The van der Waals surface area contributed by atoms with Gasteiger partial charge in [0.15, 0.2) is 6.23 Å². The number of carbonyl (C=O) groups excluding carboxylic acids is 1. The van der Waals surface area contributed by atoms with Crippen molar-refractivity contribution in [1.29, 1.82) is 0 Å². The van der Waals surface area contributed by atoms with Gasteiger partial charge in [-0.1, -0.05) is 182 Å². The van der Waals surface area contributed by atoms with E-state index in [4.69, 9.17) is 18.9 Å². The van der Waals surface area contributed by atoms with Crippen LogP contribution in [-0.2, 0) is 34.9 Å². The topological polar surface area (TPSA) is 109 Å². The third kappa shape index (κ3) is 7.81. The van der Waals surface area contributed by atoms with Crippen LogP contribution in [0.2, 0.25) is 0 Å². The van der Waals surface area contributed by atoms with Gasteiger partial charge in [0.25, 0.3) is 5.56 Å². The summed E-state index contributed by atoms with van der Waals surface area (Å²) in [6.45, 7) is 1.74. The van der Waals surface area contributed by atoms with E-state index in [-0.39, 0.29) is 13.2 Å². The van der Waals surface area contributed by atoms with Crippen molar-refractivity contribution in [1.82, 2.24) is 9.55 Å². The van der Waals surface area contributed by atoms with E-state index in [1.807, 2.05) is 182 Å². The van der Waals surface area contributed by atoms with Gasteiger partial charge in [-0.25, -0.2) is 9.59 Å². The highest BCUT2D eigenvalue weighted by atomic mass is 16.6. The smallest absolute Gasteiger partial charge is 0.330 e. The lowest BCUT2D eigenvalue weighted by molar-refractivity contribution is -0.137. The van der Waals surface area contributed by atoms with Gasteiger partial charge in [0.2, 0.25) is 0 Å². The molecule has 6 aromatic carbocycles. The van der Waals surface area contributed by atoms with Crippen molar-refractivity contribution in [2.45, 2.75) is 36.6 Å². The van der Waals surface area contributed by atoms with Crippen molar-refractivity contribution in [3.05, 3.63) is 260 Å². The van der Waals surface area contributed by atoms with Gasteiger partial charge in [0.1, 0.15) is 23.4 Å². The van der Waals surface area contributed by atoms with Crippen LogP contribution in [-0.4, -0.2) is 40.9 Å². The molecule has 0 unspecified atom stereocenters. The molecule has 60 heavy (non-hydrogen) atoms. The molecule has 1 aliphatic rings. The quantitative estimate of drug-likeness (QED) is 0.0670. The van der Waals surface area contributed by atoms with E-state index in [0.29, 0.717) is 5.57 Å². The molecule has 0 saturated carbocycles. The molecule has 7 aromatic rings. The molecule has 0 spiro atoms. The molecule has 0 aliphatic carbocycles. The monoisotopic (exact) mass is 796 g/mol. The fraction of sp³-hybridized carbons (Fsp3) is 0.157. The average molecular weight is 797 g/mol. The molecule has 1 aromatic heterocycles. The summed E-state index contributed by atoms with van der Waals surface area (Å²) in [5.74, 6) is -0.648. The molecule has 1 N–H and O–H groups in total. The van der Waals surface area contributed by atoms with Crippen molar-refractivity contribution in [2.24, 2.45) is 0 Å². The summed E-state index contributed by atoms with van der Waals surface area (Å²) in [5, 5.41) is 0. The Kier molecular flexibility index (Phi) is 11.9. The third-order valence-electron chi connectivity index (χ3n) is 10.8. The van der Waals surface area contributed by atoms with Crippen LogP contribution in [0, 0.1) is 0 Å². The number of carbonyl (C=O) groups is 1. The zero-order chi connectivity index (χ0) is 41.4. The van der Waals surface area contributed by atoms with Gasteiger partial charge in [0, 0.05) is 23.9 Å². The van der Waals surface area contributed by atoms with Crippen LogP contribution in [0.4, 0.5) is 0 Å². The number of hydrogen-bond acceptors (Lipinski definition) is 7. The number of rotatable bonds is 14. The SMILES string of the molecule is CCOC(=O)/C=C1\[C@H](n2ccc(=O)[nH]c2=O)O[C@H](COC(c2ccccc2)(c2ccccc2)c2ccccc2)[C@H]1OC(c1ccccc1)(c1ccccc1)c1ccccc1. The molecule has 0 amide bonds. The van der Waals surface area contributed by atoms with Crippen LogP contribution in [0.1, 0.15) is 46.5 Å².